The third kappa shape index (κ3) is 2.36. The molecule has 4 rings (SSSR count). The molecule has 1 aromatic carbocycles. The van der Waals surface area contributed by atoms with E-state index in [1.165, 1.54) is 16.9 Å². The van der Waals surface area contributed by atoms with Crippen molar-refractivity contribution in [1.82, 2.24) is 9.55 Å². The standard InChI is InChI=1S/C18H15N3OS/c19-9-12-5-1-2-6-13(12)10-21-11-20-17-16(18(21)22)14-7-3-4-8-15(14)23-17/h1-2,5-6,11H,3-4,7-8,10H2. The topological polar surface area (TPSA) is 58.7 Å². The van der Waals surface area contributed by atoms with Crippen molar-refractivity contribution in [3.63, 3.8) is 0 Å². The molecule has 4 nitrogen and oxygen atoms in total. The van der Waals surface area contributed by atoms with E-state index in [2.05, 4.69) is 11.1 Å². The molecule has 23 heavy (non-hydrogen) atoms. The van der Waals surface area contributed by atoms with Gasteiger partial charge in [0.1, 0.15) is 4.83 Å². The van der Waals surface area contributed by atoms with Crippen LogP contribution in [0.5, 0.6) is 0 Å². The van der Waals surface area contributed by atoms with Gasteiger partial charge in [-0.3, -0.25) is 9.36 Å². The number of hydrogen-bond donors (Lipinski definition) is 0. The van der Waals surface area contributed by atoms with E-state index in [1.807, 2.05) is 18.2 Å². The second-order valence-electron chi connectivity index (χ2n) is 5.84. The van der Waals surface area contributed by atoms with Gasteiger partial charge in [0, 0.05) is 4.88 Å². The first-order valence-corrected chi connectivity index (χ1v) is 8.57. The second kappa shape index (κ2) is 5.64. The van der Waals surface area contributed by atoms with Crippen molar-refractivity contribution in [1.29, 1.82) is 5.26 Å². The quantitative estimate of drug-likeness (QED) is 0.728. The fourth-order valence-corrected chi connectivity index (χ4v) is 4.46. The number of nitriles is 1. The lowest BCUT2D eigenvalue weighted by Gasteiger charge is -2.11. The number of hydrogen-bond acceptors (Lipinski definition) is 4. The minimum Gasteiger partial charge on any atom is -0.294 e. The molecule has 0 N–H and O–H groups in total. The fraction of sp³-hybridized carbons (Fsp3) is 0.278. The molecule has 1 aliphatic carbocycles. The molecule has 0 atom stereocenters. The Hall–Kier alpha value is -2.45. The van der Waals surface area contributed by atoms with Crippen LogP contribution in [0.1, 0.15) is 34.4 Å². The minimum atomic E-state index is 0.0159. The van der Waals surface area contributed by atoms with Crippen LogP contribution >= 0.6 is 11.3 Å². The summed E-state index contributed by atoms with van der Waals surface area (Å²) >= 11 is 1.66. The molecular formula is C18H15N3OS. The zero-order valence-electron chi connectivity index (χ0n) is 12.6. The van der Waals surface area contributed by atoms with E-state index >= 15 is 0 Å². The van der Waals surface area contributed by atoms with Gasteiger partial charge in [0.15, 0.2) is 0 Å². The summed E-state index contributed by atoms with van der Waals surface area (Å²) in [7, 11) is 0. The van der Waals surface area contributed by atoms with Crippen molar-refractivity contribution in [3.05, 3.63) is 62.5 Å². The Bertz CT molecular complexity index is 994. The summed E-state index contributed by atoms with van der Waals surface area (Å²) in [6.07, 6.45) is 5.99. The minimum absolute atomic E-state index is 0.0159. The van der Waals surface area contributed by atoms with E-state index in [4.69, 9.17) is 0 Å². The first-order valence-electron chi connectivity index (χ1n) is 7.75. The molecule has 0 spiro atoms. The van der Waals surface area contributed by atoms with Gasteiger partial charge in [0.2, 0.25) is 0 Å². The van der Waals surface area contributed by atoms with Crippen LogP contribution in [0.2, 0.25) is 0 Å². The van der Waals surface area contributed by atoms with E-state index in [0.717, 1.165) is 35.0 Å². The Kier molecular flexibility index (Phi) is 3.47. The first-order chi connectivity index (χ1) is 11.3. The zero-order valence-corrected chi connectivity index (χ0v) is 13.4. The molecule has 1 aliphatic rings. The summed E-state index contributed by atoms with van der Waals surface area (Å²) in [6.45, 7) is 0.385. The van der Waals surface area contributed by atoms with Gasteiger partial charge in [-0.1, -0.05) is 18.2 Å². The summed E-state index contributed by atoms with van der Waals surface area (Å²) < 4.78 is 1.63. The number of rotatable bonds is 2. The molecule has 0 unspecified atom stereocenters. The molecule has 2 aromatic heterocycles. The number of thiophene rings is 1. The maximum Gasteiger partial charge on any atom is 0.262 e. The maximum atomic E-state index is 12.9. The van der Waals surface area contributed by atoms with Crippen LogP contribution in [-0.4, -0.2) is 9.55 Å². The highest BCUT2D eigenvalue weighted by Crippen LogP contribution is 2.33. The molecular weight excluding hydrogens is 306 g/mol. The third-order valence-electron chi connectivity index (χ3n) is 4.42. The van der Waals surface area contributed by atoms with Crippen molar-refractivity contribution in [2.24, 2.45) is 0 Å². The monoisotopic (exact) mass is 321 g/mol. The summed E-state index contributed by atoms with van der Waals surface area (Å²) in [5.74, 6) is 0. The van der Waals surface area contributed by atoms with Gasteiger partial charge >= 0.3 is 0 Å². The van der Waals surface area contributed by atoms with Gasteiger partial charge in [0.25, 0.3) is 5.56 Å². The first kappa shape index (κ1) is 14.2. The number of aryl methyl sites for hydroxylation is 2. The lowest BCUT2D eigenvalue weighted by Crippen LogP contribution is -2.22. The zero-order chi connectivity index (χ0) is 15.8. The smallest absolute Gasteiger partial charge is 0.262 e. The van der Waals surface area contributed by atoms with Crippen molar-refractivity contribution < 1.29 is 0 Å². The van der Waals surface area contributed by atoms with Crippen LogP contribution in [-0.2, 0) is 19.4 Å². The van der Waals surface area contributed by atoms with Crippen LogP contribution in [0.15, 0.2) is 35.4 Å². The Morgan fingerprint density at radius 2 is 2.09 bits per heavy atom. The largest absolute Gasteiger partial charge is 0.294 e. The highest BCUT2D eigenvalue weighted by Gasteiger charge is 2.20. The van der Waals surface area contributed by atoms with Gasteiger partial charge in [-0.2, -0.15) is 5.26 Å². The third-order valence-corrected chi connectivity index (χ3v) is 5.62. The van der Waals surface area contributed by atoms with Gasteiger partial charge in [-0.05, 0) is 42.9 Å². The fourth-order valence-electron chi connectivity index (χ4n) is 3.24. The summed E-state index contributed by atoms with van der Waals surface area (Å²) in [4.78, 5) is 19.6. The van der Waals surface area contributed by atoms with E-state index in [-0.39, 0.29) is 5.56 Å². The van der Waals surface area contributed by atoms with Crippen LogP contribution in [0.3, 0.4) is 0 Å². The molecule has 0 saturated carbocycles. The van der Waals surface area contributed by atoms with E-state index < -0.39 is 0 Å². The van der Waals surface area contributed by atoms with E-state index in [0.29, 0.717) is 12.1 Å². The Morgan fingerprint density at radius 1 is 1.26 bits per heavy atom. The maximum absolute atomic E-state index is 12.9. The number of nitrogens with zero attached hydrogens (tertiary/aromatic N) is 3. The predicted molar refractivity (Wildman–Crippen MR) is 90.8 cm³/mol. The van der Waals surface area contributed by atoms with Gasteiger partial charge < -0.3 is 0 Å². The summed E-state index contributed by atoms with van der Waals surface area (Å²) in [5.41, 5.74) is 2.67. The Morgan fingerprint density at radius 3 is 2.96 bits per heavy atom. The molecule has 2 heterocycles. The van der Waals surface area contributed by atoms with Crippen molar-refractivity contribution >= 4 is 21.6 Å². The lowest BCUT2D eigenvalue weighted by molar-refractivity contribution is 0.697. The summed E-state index contributed by atoms with van der Waals surface area (Å²) in [6, 6.07) is 9.57. The molecule has 3 aromatic rings. The normalized spacial score (nSPS) is 13.7. The molecule has 0 aliphatic heterocycles. The predicted octanol–water partition coefficient (Wildman–Crippen LogP) is 3.26. The van der Waals surface area contributed by atoms with Gasteiger partial charge in [0.05, 0.1) is 29.9 Å². The lowest BCUT2D eigenvalue weighted by atomic mass is 9.97. The number of benzene rings is 1. The average Bonchev–Trinajstić information content (AvgIpc) is 2.97. The average molecular weight is 321 g/mol. The van der Waals surface area contributed by atoms with E-state index in [9.17, 15) is 10.1 Å². The SMILES string of the molecule is N#Cc1ccccc1Cn1cnc2sc3c(c2c1=O)CCCC3. The van der Waals surface area contributed by atoms with Crippen LogP contribution < -0.4 is 5.56 Å². The molecule has 0 bridgehead atoms. The second-order valence-corrected chi connectivity index (χ2v) is 6.92. The van der Waals surface area contributed by atoms with Crippen molar-refractivity contribution in [3.8, 4) is 6.07 Å². The van der Waals surface area contributed by atoms with Crippen LogP contribution in [0.4, 0.5) is 0 Å². The molecule has 0 fully saturated rings. The Balaban J connectivity index is 1.84. The highest BCUT2D eigenvalue weighted by molar-refractivity contribution is 7.18. The molecule has 114 valence electrons. The van der Waals surface area contributed by atoms with Crippen LogP contribution in [0, 0.1) is 11.3 Å². The number of fused-ring (bicyclic) bond motifs is 3. The number of aromatic nitrogens is 2. The Labute approximate surface area is 137 Å². The van der Waals surface area contributed by atoms with Crippen LogP contribution in [0.25, 0.3) is 10.2 Å². The molecule has 0 amide bonds. The van der Waals surface area contributed by atoms with Crippen molar-refractivity contribution in [2.75, 3.05) is 0 Å². The molecule has 0 radical (unpaired) electrons. The molecule has 0 saturated heterocycles. The van der Waals surface area contributed by atoms with Gasteiger partial charge in [-0.25, -0.2) is 4.98 Å². The van der Waals surface area contributed by atoms with Gasteiger partial charge in [-0.15, -0.1) is 11.3 Å². The summed E-state index contributed by atoms with van der Waals surface area (Å²) in [5, 5.41) is 10.0. The van der Waals surface area contributed by atoms with E-state index in [1.54, 1.807) is 28.3 Å². The van der Waals surface area contributed by atoms with Crippen molar-refractivity contribution in [2.45, 2.75) is 32.2 Å². The molecule has 5 heteroatoms. The highest BCUT2D eigenvalue weighted by atomic mass is 32.1.